The average Bonchev–Trinajstić information content (AvgIpc) is 2.05. The van der Waals surface area contributed by atoms with Crippen molar-refractivity contribution in [2.75, 3.05) is 18.8 Å². The van der Waals surface area contributed by atoms with Crippen LogP contribution < -0.4 is 5.73 Å². The molecule has 5 heteroatoms. The molecule has 1 aliphatic heterocycles. The maximum absolute atomic E-state index is 11.4. The quantitative estimate of drug-likeness (QED) is 0.656. The third kappa shape index (κ3) is 2.18. The van der Waals surface area contributed by atoms with E-state index < -0.39 is 10.0 Å². The van der Waals surface area contributed by atoms with Crippen LogP contribution in [0.4, 0.5) is 0 Å². The van der Waals surface area contributed by atoms with E-state index in [1.54, 1.807) is 6.92 Å². The van der Waals surface area contributed by atoms with Crippen LogP contribution in [0.25, 0.3) is 0 Å². The van der Waals surface area contributed by atoms with Gasteiger partial charge in [-0.15, -0.1) is 0 Å². The maximum Gasteiger partial charge on any atom is 0.213 e. The Morgan fingerprint density at radius 2 is 2.25 bits per heavy atom. The first-order valence-corrected chi connectivity index (χ1v) is 5.90. The molecule has 0 bridgehead atoms. The van der Waals surface area contributed by atoms with E-state index in [4.69, 9.17) is 5.73 Å². The van der Waals surface area contributed by atoms with Crippen LogP contribution in [-0.2, 0) is 10.0 Å². The minimum Gasteiger partial charge on any atom is -0.327 e. The maximum atomic E-state index is 11.4. The highest BCUT2D eigenvalue weighted by atomic mass is 32.2. The van der Waals surface area contributed by atoms with E-state index in [9.17, 15) is 8.42 Å². The Hall–Kier alpha value is -0.130. The Morgan fingerprint density at radius 3 is 2.75 bits per heavy atom. The third-order valence-electron chi connectivity index (χ3n) is 2.18. The Balaban J connectivity index is 2.63. The predicted octanol–water partition coefficient (Wildman–Crippen LogP) is -0.241. The fourth-order valence-electron chi connectivity index (χ4n) is 1.41. The predicted molar refractivity (Wildman–Crippen MR) is 48.2 cm³/mol. The normalized spacial score (nSPS) is 27.3. The topological polar surface area (TPSA) is 63.4 Å². The minimum atomic E-state index is -3.00. The van der Waals surface area contributed by atoms with Crippen LogP contribution in [0.3, 0.4) is 0 Å². The lowest BCUT2D eigenvalue weighted by atomic mass is 10.1. The zero-order chi connectivity index (χ0) is 9.19. The van der Waals surface area contributed by atoms with Gasteiger partial charge in [-0.25, -0.2) is 12.7 Å². The van der Waals surface area contributed by atoms with Gasteiger partial charge in [0.15, 0.2) is 0 Å². The van der Waals surface area contributed by atoms with E-state index in [0.717, 1.165) is 12.8 Å². The first-order chi connectivity index (χ1) is 5.56. The van der Waals surface area contributed by atoms with Gasteiger partial charge in [0.1, 0.15) is 0 Å². The summed E-state index contributed by atoms with van der Waals surface area (Å²) in [6, 6.07) is 0.0278. The summed E-state index contributed by atoms with van der Waals surface area (Å²) in [4.78, 5) is 0. The second-order valence-electron chi connectivity index (χ2n) is 3.16. The van der Waals surface area contributed by atoms with Crippen molar-refractivity contribution >= 4 is 10.0 Å². The monoisotopic (exact) mass is 192 g/mol. The van der Waals surface area contributed by atoms with Gasteiger partial charge >= 0.3 is 0 Å². The zero-order valence-electron chi connectivity index (χ0n) is 7.36. The van der Waals surface area contributed by atoms with Crippen LogP contribution in [0, 0.1) is 0 Å². The molecule has 1 fully saturated rings. The minimum absolute atomic E-state index is 0.0278. The fourth-order valence-corrected chi connectivity index (χ4v) is 2.60. The van der Waals surface area contributed by atoms with Crippen LogP contribution in [0.2, 0.25) is 0 Å². The average molecular weight is 192 g/mol. The molecule has 4 nitrogen and oxygen atoms in total. The fraction of sp³-hybridized carbons (Fsp3) is 1.00. The molecule has 1 heterocycles. The number of nitrogens with two attached hydrogens (primary N) is 1. The SMILES string of the molecule is CCS(=O)(=O)N1CCC[C@@H](N)C1. The van der Waals surface area contributed by atoms with Gasteiger partial charge in [-0.3, -0.25) is 0 Å². The highest BCUT2D eigenvalue weighted by molar-refractivity contribution is 7.89. The lowest BCUT2D eigenvalue weighted by Gasteiger charge is -2.29. The van der Waals surface area contributed by atoms with Crippen molar-refractivity contribution in [3.05, 3.63) is 0 Å². The van der Waals surface area contributed by atoms with E-state index in [1.165, 1.54) is 4.31 Å². The van der Waals surface area contributed by atoms with Gasteiger partial charge in [0.2, 0.25) is 10.0 Å². The van der Waals surface area contributed by atoms with Crippen molar-refractivity contribution in [3.8, 4) is 0 Å². The van der Waals surface area contributed by atoms with Crippen molar-refractivity contribution in [1.82, 2.24) is 4.31 Å². The molecular weight excluding hydrogens is 176 g/mol. The second-order valence-corrected chi connectivity index (χ2v) is 5.42. The van der Waals surface area contributed by atoms with E-state index in [0.29, 0.717) is 13.1 Å². The first-order valence-electron chi connectivity index (χ1n) is 4.29. The molecular formula is C7H16N2O2S. The molecule has 0 saturated carbocycles. The summed E-state index contributed by atoms with van der Waals surface area (Å²) in [5.41, 5.74) is 5.67. The summed E-state index contributed by atoms with van der Waals surface area (Å²) in [6.45, 7) is 2.80. The van der Waals surface area contributed by atoms with Gasteiger partial charge in [-0.2, -0.15) is 0 Å². The molecule has 1 atom stereocenters. The summed E-state index contributed by atoms with van der Waals surface area (Å²) in [7, 11) is -3.00. The van der Waals surface area contributed by atoms with Crippen LogP contribution >= 0.6 is 0 Å². The smallest absolute Gasteiger partial charge is 0.213 e. The van der Waals surface area contributed by atoms with Crippen LogP contribution in [-0.4, -0.2) is 37.6 Å². The highest BCUT2D eigenvalue weighted by Crippen LogP contribution is 2.12. The first kappa shape index (κ1) is 9.95. The summed E-state index contributed by atoms with van der Waals surface area (Å²) >= 11 is 0. The molecule has 0 amide bonds. The molecule has 0 unspecified atom stereocenters. The van der Waals surface area contributed by atoms with Gasteiger partial charge in [0, 0.05) is 19.1 Å². The van der Waals surface area contributed by atoms with Crippen LogP contribution in [0.1, 0.15) is 19.8 Å². The van der Waals surface area contributed by atoms with Gasteiger partial charge in [-0.1, -0.05) is 0 Å². The molecule has 0 spiro atoms. The number of rotatable bonds is 2. The Kier molecular flexibility index (Phi) is 3.09. The lowest BCUT2D eigenvalue weighted by molar-refractivity contribution is 0.316. The lowest BCUT2D eigenvalue weighted by Crippen LogP contribution is -2.46. The molecule has 1 rings (SSSR count). The summed E-state index contributed by atoms with van der Waals surface area (Å²) in [5, 5.41) is 0. The second kappa shape index (κ2) is 3.72. The van der Waals surface area contributed by atoms with E-state index in [-0.39, 0.29) is 11.8 Å². The van der Waals surface area contributed by atoms with Crippen LogP contribution in [0.5, 0.6) is 0 Å². The summed E-state index contributed by atoms with van der Waals surface area (Å²) < 4.78 is 24.2. The van der Waals surface area contributed by atoms with Crippen molar-refractivity contribution in [3.63, 3.8) is 0 Å². The van der Waals surface area contributed by atoms with Crippen molar-refractivity contribution in [2.24, 2.45) is 5.73 Å². The molecule has 72 valence electrons. The summed E-state index contributed by atoms with van der Waals surface area (Å²) in [5.74, 6) is 0.180. The van der Waals surface area contributed by atoms with E-state index in [2.05, 4.69) is 0 Å². The van der Waals surface area contributed by atoms with Gasteiger partial charge in [0.05, 0.1) is 5.75 Å². The number of piperidine rings is 1. The molecule has 12 heavy (non-hydrogen) atoms. The number of nitrogens with zero attached hydrogens (tertiary/aromatic N) is 1. The van der Waals surface area contributed by atoms with Crippen LogP contribution in [0.15, 0.2) is 0 Å². The molecule has 0 aliphatic carbocycles. The number of hydrogen-bond acceptors (Lipinski definition) is 3. The van der Waals surface area contributed by atoms with Crippen molar-refractivity contribution in [2.45, 2.75) is 25.8 Å². The van der Waals surface area contributed by atoms with Gasteiger partial charge < -0.3 is 5.73 Å². The van der Waals surface area contributed by atoms with E-state index in [1.807, 2.05) is 0 Å². The largest absolute Gasteiger partial charge is 0.327 e. The molecule has 1 aliphatic rings. The molecule has 2 N–H and O–H groups in total. The molecule has 0 aromatic heterocycles. The van der Waals surface area contributed by atoms with E-state index >= 15 is 0 Å². The number of sulfonamides is 1. The van der Waals surface area contributed by atoms with Gasteiger partial charge in [-0.05, 0) is 19.8 Å². The standard InChI is InChI=1S/C7H16N2O2S/c1-2-12(10,11)9-5-3-4-7(8)6-9/h7H,2-6,8H2,1H3/t7-/m1/s1. The number of hydrogen-bond donors (Lipinski definition) is 1. The molecule has 0 aromatic carbocycles. The Morgan fingerprint density at radius 1 is 1.58 bits per heavy atom. The summed E-state index contributed by atoms with van der Waals surface area (Å²) in [6.07, 6.45) is 1.83. The third-order valence-corrected chi connectivity index (χ3v) is 4.03. The van der Waals surface area contributed by atoms with Crippen molar-refractivity contribution < 1.29 is 8.42 Å². The Labute approximate surface area is 73.8 Å². The van der Waals surface area contributed by atoms with Crippen molar-refractivity contribution in [1.29, 1.82) is 0 Å². The molecule has 0 aromatic rings. The molecule has 0 radical (unpaired) electrons. The zero-order valence-corrected chi connectivity index (χ0v) is 8.18. The van der Waals surface area contributed by atoms with Gasteiger partial charge in [0.25, 0.3) is 0 Å². The Bertz CT molecular complexity index is 238. The highest BCUT2D eigenvalue weighted by Gasteiger charge is 2.25. The molecule has 1 saturated heterocycles.